The average molecular weight is 488 g/mol. The number of hydrogen-bond acceptors (Lipinski definition) is 8. The summed E-state index contributed by atoms with van der Waals surface area (Å²) < 4.78 is 15.3. The Morgan fingerprint density at radius 3 is 1.97 bits per heavy atom. The van der Waals surface area contributed by atoms with Crippen LogP contribution in [0.4, 0.5) is 11.4 Å². The number of fused-ring (bicyclic) bond motifs is 1. The van der Waals surface area contributed by atoms with Crippen LogP contribution in [0.25, 0.3) is 0 Å². The molecule has 0 atom stereocenters. The Morgan fingerprint density at radius 2 is 1.36 bits per heavy atom. The summed E-state index contributed by atoms with van der Waals surface area (Å²) in [6, 6.07) is 14.9. The molecule has 0 aromatic heterocycles. The third kappa shape index (κ3) is 4.64. The number of methoxy groups -OCH3 is 2. The van der Waals surface area contributed by atoms with Crippen molar-refractivity contribution in [3.63, 3.8) is 0 Å². The van der Waals surface area contributed by atoms with E-state index >= 15 is 0 Å². The Balaban J connectivity index is 1.67. The zero-order valence-electron chi connectivity index (χ0n) is 19.5. The molecule has 1 aliphatic heterocycles. The molecule has 10 heteroatoms. The van der Waals surface area contributed by atoms with Crippen LogP contribution in [0.15, 0.2) is 60.7 Å². The molecule has 3 amide bonds. The maximum atomic E-state index is 13.3. The van der Waals surface area contributed by atoms with Gasteiger partial charge in [-0.05, 0) is 48.5 Å². The molecule has 182 valence electrons. The highest BCUT2D eigenvalue weighted by molar-refractivity contribution is 6.34. The topological polar surface area (TPSA) is 128 Å². The number of esters is 2. The van der Waals surface area contributed by atoms with Gasteiger partial charge in [-0.3, -0.25) is 14.4 Å². The summed E-state index contributed by atoms with van der Waals surface area (Å²) >= 11 is 0. The van der Waals surface area contributed by atoms with Crippen LogP contribution in [0.1, 0.15) is 48.4 Å². The molecule has 0 radical (unpaired) electrons. The summed E-state index contributed by atoms with van der Waals surface area (Å²) in [6.45, 7) is 1.39. The number of imide groups is 1. The molecule has 3 aromatic rings. The summed E-state index contributed by atoms with van der Waals surface area (Å²) in [6.07, 6.45) is 0. The highest BCUT2D eigenvalue weighted by Gasteiger charge is 2.38. The van der Waals surface area contributed by atoms with Crippen molar-refractivity contribution in [1.29, 1.82) is 0 Å². The van der Waals surface area contributed by atoms with E-state index in [1.807, 2.05) is 0 Å². The van der Waals surface area contributed by atoms with Crippen LogP contribution in [-0.4, -0.2) is 43.9 Å². The number of carbonyl (C=O) groups excluding carboxylic acids is 5. The van der Waals surface area contributed by atoms with Gasteiger partial charge in [-0.15, -0.1) is 0 Å². The van der Waals surface area contributed by atoms with E-state index in [4.69, 9.17) is 14.2 Å². The number of carbonyl (C=O) groups is 5. The Hall–Kier alpha value is -4.99. The van der Waals surface area contributed by atoms with Gasteiger partial charge in [0.15, 0.2) is 0 Å². The van der Waals surface area contributed by atoms with Crippen LogP contribution in [0.5, 0.6) is 11.5 Å². The first-order valence-corrected chi connectivity index (χ1v) is 10.6. The molecule has 36 heavy (non-hydrogen) atoms. The van der Waals surface area contributed by atoms with Crippen molar-refractivity contribution in [2.24, 2.45) is 0 Å². The van der Waals surface area contributed by atoms with E-state index < -0.39 is 23.8 Å². The molecule has 1 heterocycles. The minimum atomic E-state index is -0.754. The molecule has 0 spiro atoms. The molecule has 0 bridgehead atoms. The van der Waals surface area contributed by atoms with E-state index in [-0.39, 0.29) is 39.6 Å². The lowest BCUT2D eigenvalue weighted by atomic mass is 10.1. The summed E-state index contributed by atoms with van der Waals surface area (Å²) in [5.41, 5.74) is 0.687. The van der Waals surface area contributed by atoms with Crippen LogP contribution < -0.4 is 15.0 Å². The normalized spacial score (nSPS) is 12.1. The average Bonchev–Trinajstić information content (AvgIpc) is 3.11. The maximum absolute atomic E-state index is 13.3. The van der Waals surface area contributed by atoms with Gasteiger partial charge in [0.2, 0.25) is 5.91 Å². The number of rotatable bonds is 6. The van der Waals surface area contributed by atoms with Gasteiger partial charge in [0, 0.05) is 18.7 Å². The first kappa shape index (κ1) is 24.1. The van der Waals surface area contributed by atoms with E-state index in [0.717, 1.165) is 4.90 Å². The summed E-state index contributed by atoms with van der Waals surface area (Å²) in [4.78, 5) is 62.8. The Bertz CT molecular complexity index is 1390. The number of anilines is 2. The number of nitrogens with zero attached hydrogens (tertiary/aromatic N) is 1. The number of hydrogen-bond donors (Lipinski definition) is 1. The maximum Gasteiger partial charge on any atom is 0.337 e. The van der Waals surface area contributed by atoms with E-state index in [9.17, 15) is 24.0 Å². The number of benzene rings is 3. The van der Waals surface area contributed by atoms with Gasteiger partial charge in [-0.25, -0.2) is 14.5 Å². The Labute approximate surface area is 205 Å². The van der Waals surface area contributed by atoms with Crippen LogP contribution in [0.3, 0.4) is 0 Å². The zero-order chi connectivity index (χ0) is 26.0. The Kier molecular flexibility index (Phi) is 6.51. The zero-order valence-corrected chi connectivity index (χ0v) is 19.5. The predicted molar refractivity (Wildman–Crippen MR) is 128 cm³/mol. The summed E-state index contributed by atoms with van der Waals surface area (Å²) in [5.74, 6) is -2.34. The predicted octanol–water partition coefficient (Wildman–Crippen LogP) is 3.81. The van der Waals surface area contributed by atoms with Gasteiger partial charge in [0.25, 0.3) is 11.8 Å². The molecule has 0 fully saturated rings. The smallest absolute Gasteiger partial charge is 0.337 e. The lowest BCUT2D eigenvalue weighted by Gasteiger charge is -2.16. The van der Waals surface area contributed by atoms with Crippen molar-refractivity contribution < 1.29 is 38.2 Å². The highest BCUT2D eigenvalue weighted by Crippen LogP contribution is 2.34. The van der Waals surface area contributed by atoms with E-state index in [0.29, 0.717) is 11.4 Å². The fourth-order valence-corrected chi connectivity index (χ4v) is 3.71. The van der Waals surface area contributed by atoms with Crippen LogP contribution in [0, 0.1) is 0 Å². The molecule has 4 rings (SSSR count). The fourth-order valence-electron chi connectivity index (χ4n) is 3.71. The second kappa shape index (κ2) is 9.71. The third-order valence-corrected chi connectivity index (χ3v) is 5.27. The minimum absolute atomic E-state index is 0.00924. The third-order valence-electron chi connectivity index (χ3n) is 5.27. The molecular weight excluding hydrogens is 468 g/mol. The molecule has 0 aliphatic carbocycles. The van der Waals surface area contributed by atoms with Crippen LogP contribution in [-0.2, 0) is 14.3 Å². The second-order valence-electron chi connectivity index (χ2n) is 7.72. The van der Waals surface area contributed by atoms with E-state index in [1.165, 1.54) is 57.5 Å². The summed E-state index contributed by atoms with van der Waals surface area (Å²) in [7, 11) is 2.34. The van der Waals surface area contributed by atoms with Gasteiger partial charge in [0.1, 0.15) is 11.5 Å². The SMILES string of the molecule is COC(=O)c1cc(C(=O)OC)cc(N2C(=O)c3ccc(Oc4cccc(NC(C)=O)c4)cc3C2=O)c1. The van der Waals surface area contributed by atoms with Crippen molar-refractivity contribution >= 4 is 41.0 Å². The van der Waals surface area contributed by atoms with Gasteiger partial charge < -0.3 is 19.5 Å². The Morgan fingerprint density at radius 1 is 0.750 bits per heavy atom. The molecule has 10 nitrogen and oxygen atoms in total. The van der Waals surface area contributed by atoms with Crippen molar-refractivity contribution in [3.05, 3.63) is 82.9 Å². The van der Waals surface area contributed by atoms with Crippen molar-refractivity contribution in [2.75, 3.05) is 24.4 Å². The number of nitrogens with one attached hydrogen (secondary N) is 1. The van der Waals surface area contributed by atoms with E-state index in [1.54, 1.807) is 24.3 Å². The molecule has 0 unspecified atom stereocenters. The lowest BCUT2D eigenvalue weighted by molar-refractivity contribution is -0.114. The first-order valence-electron chi connectivity index (χ1n) is 10.6. The fraction of sp³-hybridized carbons (Fsp3) is 0.115. The van der Waals surface area contributed by atoms with E-state index in [2.05, 4.69) is 5.32 Å². The molecule has 1 N–H and O–H groups in total. The number of ether oxygens (including phenoxy) is 3. The van der Waals surface area contributed by atoms with Crippen molar-refractivity contribution in [1.82, 2.24) is 0 Å². The largest absolute Gasteiger partial charge is 0.465 e. The quantitative estimate of drug-likeness (QED) is 0.410. The molecular formula is C26H20N2O8. The first-order chi connectivity index (χ1) is 17.2. The highest BCUT2D eigenvalue weighted by atomic mass is 16.5. The van der Waals surface area contributed by atoms with Gasteiger partial charge in [0.05, 0.1) is 42.2 Å². The minimum Gasteiger partial charge on any atom is -0.465 e. The monoisotopic (exact) mass is 488 g/mol. The lowest BCUT2D eigenvalue weighted by Crippen LogP contribution is -2.30. The van der Waals surface area contributed by atoms with Gasteiger partial charge >= 0.3 is 11.9 Å². The molecule has 3 aromatic carbocycles. The van der Waals surface area contributed by atoms with Crippen LogP contribution >= 0.6 is 0 Å². The van der Waals surface area contributed by atoms with Gasteiger partial charge in [-0.2, -0.15) is 0 Å². The molecule has 0 saturated carbocycles. The summed E-state index contributed by atoms with van der Waals surface area (Å²) in [5, 5.41) is 2.65. The van der Waals surface area contributed by atoms with Crippen molar-refractivity contribution in [2.45, 2.75) is 6.92 Å². The standard InChI is InChI=1S/C26H20N2O8/c1-14(29)27-17-5-4-6-19(12-17)36-20-7-8-21-22(13-20)24(31)28(23(21)30)18-10-15(25(32)34-2)9-16(11-18)26(33)35-3/h4-13H,1-3H3,(H,27,29). The van der Waals surface area contributed by atoms with Gasteiger partial charge in [-0.1, -0.05) is 6.07 Å². The number of amides is 3. The molecule has 0 saturated heterocycles. The van der Waals surface area contributed by atoms with Crippen LogP contribution in [0.2, 0.25) is 0 Å². The molecule has 1 aliphatic rings. The van der Waals surface area contributed by atoms with Crippen molar-refractivity contribution in [3.8, 4) is 11.5 Å². The second-order valence-corrected chi connectivity index (χ2v) is 7.72.